The summed E-state index contributed by atoms with van der Waals surface area (Å²) < 4.78 is 78.6. The number of alkyl halides is 6. The molecule has 3 nitrogen and oxygen atoms in total. The predicted molar refractivity (Wildman–Crippen MR) is 83.8 cm³/mol. The third kappa shape index (κ3) is 2.66. The van der Waals surface area contributed by atoms with Crippen LogP contribution in [-0.4, -0.2) is 17.2 Å². The summed E-state index contributed by atoms with van der Waals surface area (Å²) in [7, 11) is 0. The molecule has 3 rings (SSSR count). The Balaban J connectivity index is 2.15. The van der Waals surface area contributed by atoms with Crippen LogP contribution < -0.4 is 4.90 Å². The molecule has 2 unspecified atom stereocenters. The standard InChI is InChI=1S/C18H15F6NO2/c1-3-15(2)16(5-4-13(26)9-16)14(27)25(15)12-7-10(17(19,20)21)6-11(8-12)18(22,23)24/h3,6-8H,1,4-5,9H2,2H3. The van der Waals surface area contributed by atoms with E-state index in [-0.39, 0.29) is 31.1 Å². The lowest BCUT2D eigenvalue weighted by atomic mass is 9.59. The number of rotatable bonds is 2. The summed E-state index contributed by atoms with van der Waals surface area (Å²) in [5, 5.41) is 0. The highest BCUT2D eigenvalue weighted by Gasteiger charge is 2.69. The Kier molecular flexibility index (Phi) is 4.03. The number of nitrogens with zero attached hydrogens (tertiary/aromatic N) is 1. The second-order valence-corrected chi connectivity index (χ2v) is 7.05. The quantitative estimate of drug-likeness (QED) is 0.414. The van der Waals surface area contributed by atoms with Gasteiger partial charge in [-0.15, -0.1) is 6.58 Å². The van der Waals surface area contributed by atoms with E-state index in [9.17, 15) is 35.9 Å². The summed E-state index contributed by atoms with van der Waals surface area (Å²) in [6.07, 6.45) is -8.50. The highest BCUT2D eigenvalue weighted by molar-refractivity contribution is 6.12. The zero-order valence-corrected chi connectivity index (χ0v) is 14.2. The third-order valence-electron chi connectivity index (χ3n) is 5.60. The van der Waals surface area contributed by atoms with Crippen LogP contribution in [0.15, 0.2) is 30.9 Å². The summed E-state index contributed by atoms with van der Waals surface area (Å²) in [5.74, 6) is -0.834. The summed E-state index contributed by atoms with van der Waals surface area (Å²) >= 11 is 0. The molecule has 1 heterocycles. The molecule has 1 aliphatic carbocycles. The van der Waals surface area contributed by atoms with Gasteiger partial charge in [-0.2, -0.15) is 26.3 Å². The molecule has 27 heavy (non-hydrogen) atoms. The summed E-state index contributed by atoms with van der Waals surface area (Å²) in [6.45, 7) is 5.09. The van der Waals surface area contributed by atoms with Crippen molar-refractivity contribution in [3.63, 3.8) is 0 Å². The lowest BCUT2D eigenvalue weighted by molar-refractivity contribution is -0.146. The number of Topliss-reactive ketones (excluding diaryl/α,β-unsaturated/α-hetero) is 1. The summed E-state index contributed by atoms with van der Waals surface area (Å²) in [6, 6.07) is 1.03. The predicted octanol–water partition coefficient (Wildman–Crippen LogP) is 4.75. The maximum Gasteiger partial charge on any atom is 0.416 e. The number of carbonyl (C=O) groups excluding carboxylic acids is 2. The number of halogens is 6. The van der Waals surface area contributed by atoms with Crippen molar-refractivity contribution in [2.24, 2.45) is 5.41 Å². The van der Waals surface area contributed by atoms with E-state index in [1.165, 1.54) is 13.0 Å². The van der Waals surface area contributed by atoms with Gasteiger partial charge in [0, 0.05) is 18.5 Å². The van der Waals surface area contributed by atoms with Gasteiger partial charge in [0.05, 0.1) is 22.1 Å². The topological polar surface area (TPSA) is 37.4 Å². The van der Waals surface area contributed by atoms with Crippen LogP contribution in [0.3, 0.4) is 0 Å². The number of amides is 1. The van der Waals surface area contributed by atoms with Crippen LogP contribution in [-0.2, 0) is 21.9 Å². The van der Waals surface area contributed by atoms with Gasteiger partial charge in [-0.25, -0.2) is 0 Å². The van der Waals surface area contributed by atoms with Crippen LogP contribution in [0.25, 0.3) is 0 Å². The molecule has 1 aliphatic heterocycles. The largest absolute Gasteiger partial charge is 0.416 e. The Morgan fingerprint density at radius 1 is 1.04 bits per heavy atom. The first-order chi connectivity index (χ1) is 12.3. The molecule has 0 aromatic heterocycles. The average molecular weight is 391 g/mol. The maximum atomic E-state index is 13.1. The third-order valence-corrected chi connectivity index (χ3v) is 5.60. The number of carbonyl (C=O) groups is 2. The Morgan fingerprint density at radius 2 is 1.56 bits per heavy atom. The van der Waals surface area contributed by atoms with Crippen LogP contribution in [0.5, 0.6) is 0 Å². The smallest absolute Gasteiger partial charge is 0.301 e. The van der Waals surface area contributed by atoms with Gasteiger partial charge in [0.1, 0.15) is 5.78 Å². The molecule has 9 heteroatoms. The van der Waals surface area contributed by atoms with E-state index in [0.29, 0.717) is 12.1 Å². The fourth-order valence-electron chi connectivity index (χ4n) is 4.02. The minimum Gasteiger partial charge on any atom is -0.301 e. The van der Waals surface area contributed by atoms with E-state index in [2.05, 4.69) is 6.58 Å². The van der Waals surface area contributed by atoms with E-state index in [4.69, 9.17) is 0 Å². The fraction of sp³-hybridized carbons (Fsp3) is 0.444. The van der Waals surface area contributed by atoms with E-state index in [0.717, 1.165) is 4.90 Å². The van der Waals surface area contributed by atoms with Gasteiger partial charge in [0.2, 0.25) is 5.91 Å². The van der Waals surface area contributed by atoms with Crippen molar-refractivity contribution in [3.8, 4) is 0 Å². The van der Waals surface area contributed by atoms with E-state index >= 15 is 0 Å². The van der Waals surface area contributed by atoms with Gasteiger partial charge in [-0.05, 0) is 31.5 Å². The Hall–Kier alpha value is -2.32. The van der Waals surface area contributed by atoms with Gasteiger partial charge < -0.3 is 4.90 Å². The monoisotopic (exact) mass is 391 g/mol. The Morgan fingerprint density at radius 3 is 1.93 bits per heavy atom. The van der Waals surface area contributed by atoms with E-state index in [1.54, 1.807) is 0 Å². The number of ketones is 1. The van der Waals surface area contributed by atoms with Gasteiger partial charge in [-0.1, -0.05) is 6.08 Å². The molecule has 0 N–H and O–H groups in total. The van der Waals surface area contributed by atoms with Crippen LogP contribution in [0.4, 0.5) is 32.0 Å². The molecule has 2 aliphatic rings. The second-order valence-electron chi connectivity index (χ2n) is 7.05. The van der Waals surface area contributed by atoms with Crippen LogP contribution in [0, 0.1) is 5.41 Å². The average Bonchev–Trinajstić information content (AvgIpc) is 2.97. The first-order valence-electron chi connectivity index (χ1n) is 8.06. The minimum atomic E-state index is -5.02. The highest BCUT2D eigenvalue weighted by atomic mass is 19.4. The summed E-state index contributed by atoms with van der Waals surface area (Å²) in [4.78, 5) is 25.4. The number of anilines is 1. The van der Waals surface area contributed by atoms with E-state index in [1.807, 2.05) is 0 Å². The first-order valence-corrected chi connectivity index (χ1v) is 8.06. The lowest BCUT2D eigenvalue weighted by Gasteiger charge is -2.61. The van der Waals surface area contributed by atoms with Gasteiger partial charge >= 0.3 is 12.4 Å². The van der Waals surface area contributed by atoms with Gasteiger partial charge in [0.15, 0.2) is 0 Å². The molecule has 1 saturated heterocycles. The molecule has 2 atom stereocenters. The van der Waals surface area contributed by atoms with Crippen molar-refractivity contribution in [3.05, 3.63) is 42.0 Å². The normalized spacial score (nSPS) is 28.6. The molecule has 2 fully saturated rings. The Bertz CT molecular complexity index is 811. The number of hydrogen-bond acceptors (Lipinski definition) is 2. The maximum absolute atomic E-state index is 13.1. The van der Waals surface area contributed by atoms with Crippen molar-refractivity contribution >= 4 is 17.4 Å². The molecule has 0 bridgehead atoms. The van der Waals surface area contributed by atoms with Crippen molar-refractivity contribution in [1.82, 2.24) is 0 Å². The minimum absolute atomic E-state index is 0.00781. The van der Waals surface area contributed by atoms with E-state index < -0.39 is 46.0 Å². The van der Waals surface area contributed by atoms with Gasteiger partial charge in [-0.3, -0.25) is 9.59 Å². The lowest BCUT2D eigenvalue weighted by Crippen LogP contribution is -2.75. The molecule has 1 aromatic rings. The molecule has 146 valence electrons. The SMILES string of the molecule is C=CC1(C)N(c2cc(C(F)(F)F)cc(C(F)(F)F)c2)C(=O)C12CCC(=O)C2. The van der Waals surface area contributed by atoms with Crippen molar-refractivity contribution < 1.29 is 35.9 Å². The molecule has 1 saturated carbocycles. The van der Waals surface area contributed by atoms with Crippen LogP contribution in [0.2, 0.25) is 0 Å². The van der Waals surface area contributed by atoms with Crippen LogP contribution in [0.1, 0.15) is 37.3 Å². The number of benzene rings is 1. The molecule has 1 amide bonds. The summed E-state index contributed by atoms with van der Waals surface area (Å²) in [5.41, 5.74) is -5.96. The molecular formula is C18H15F6NO2. The van der Waals surface area contributed by atoms with Crippen molar-refractivity contribution in [1.29, 1.82) is 0 Å². The zero-order chi connectivity index (χ0) is 20.4. The van der Waals surface area contributed by atoms with Crippen molar-refractivity contribution in [2.45, 2.75) is 44.1 Å². The van der Waals surface area contributed by atoms with Crippen LogP contribution >= 0.6 is 0 Å². The molecule has 0 radical (unpaired) electrons. The fourth-order valence-corrected chi connectivity index (χ4v) is 4.02. The number of hydrogen-bond donors (Lipinski definition) is 0. The number of β-lactam (4-membered cyclic amide) rings is 1. The van der Waals surface area contributed by atoms with Crippen molar-refractivity contribution in [2.75, 3.05) is 4.90 Å². The highest BCUT2D eigenvalue weighted by Crippen LogP contribution is 2.59. The molecule has 1 aromatic carbocycles. The zero-order valence-electron chi connectivity index (χ0n) is 14.2. The van der Waals surface area contributed by atoms with Gasteiger partial charge in [0.25, 0.3) is 0 Å². The second kappa shape index (κ2) is 5.59. The Labute approximate surface area is 150 Å². The molecule has 1 spiro atoms. The first kappa shape index (κ1) is 19.4. The molecular weight excluding hydrogens is 376 g/mol.